The Morgan fingerprint density at radius 2 is 1.46 bits per heavy atom. The van der Waals surface area contributed by atoms with E-state index in [1.807, 2.05) is 18.2 Å². The van der Waals surface area contributed by atoms with Gasteiger partial charge in [0.1, 0.15) is 5.60 Å². The second-order valence-electron chi connectivity index (χ2n) is 7.01. The molecule has 4 rings (SSSR count). The molecule has 1 spiro atoms. The highest BCUT2D eigenvalue weighted by Gasteiger charge is 2.49. The van der Waals surface area contributed by atoms with Crippen LogP contribution in [0.2, 0.25) is 0 Å². The third kappa shape index (κ3) is 2.31. The highest BCUT2D eigenvalue weighted by Crippen LogP contribution is 2.50. The topological polar surface area (TPSA) is 44.5 Å². The first kappa shape index (κ1) is 15.8. The normalized spacial score (nSPS) is 25.4. The van der Waals surface area contributed by atoms with Crippen LogP contribution in [0.4, 0.5) is 0 Å². The fourth-order valence-corrected chi connectivity index (χ4v) is 4.30. The van der Waals surface area contributed by atoms with Crippen LogP contribution in [0, 0.1) is 0 Å². The van der Waals surface area contributed by atoms with Gasteiger partial charge in [0.15, 0.2) is 0 Å². The standard InChI is InChI=1S/C21H25NO2/c1-2-16-10-4-5-11-17(16)21(22)19-13-7-6-12-18(19)20(23-24-21)14-8-3-9-15-20/h4-7,10-13H,2-3,8-9,14-15,22H2,1H3. The Morgan fingerprint density at radius 1 is 0.833 bits per heavy atom. The van der Waals surface area contributed by atoms with Crippen molar-refractivity contribution < 1.29 is 9.78 Å². The molecular weight excluding hydrogens is 298 g/mol. The highest BCUT2D eigenvalue weighted by atomic mass is 17.2. The summed E-state index contributed by atoms with van der Waals surface area (Å²) in [6.45, 7) is 2.14. The lowest BCUT2D eigenvalue weighted by Crippen LogP contribution is -2.51. The summed E-state index contributed by atoms with van der Waals surface area (Å²) < 4.78 is 0. The number of hydrogen-bond donors (Lipinski definition) is 1. The summed E-state index contributed by atoms with van der Waals surface area (Å²) in [5, 5.41) is 0. The Hall–Kier alpha value is -1.68. The molecule has 3 heteroatoms. The van der Waals surface area contributed by atoms with Crippen LogP contribution in [0.5, 0.6) is 0 Å². The predicted molar refractivity (Wildman–Crippen MR) is 94.2 cm³/mol. The second-order valence-corrected chi connectivity index (χ2v) is 7.01. The minimum absolute atomic E-state index is 0.334. The number of rotatable bonds is 2. The fourth-order valence-electron chi connectivity index (χ4n) is 4.30. The van der Waals surface area contributed by atoms with Crippen LogP contribution in [0.25, 0.3) is 0 Å². The van der Waals surface area contributed by atoms with Gasteiger partial charge in [-0.1, -0.05) is 74.7 Å². The van der Waals surface area contributed by atoms with E-state index in [0.717, 1.165) is 30.4 Å². The first-order chi connectivity index (χ1) is 11.7. The van der Waals surface area contributed by atoms with Crippen molar-refractivity contribution in [2.24, 2.45) is 5.73 Å². The lowest BCUT2D eigenvalue weighted by atomic mass is 9.74. The minimum atomic E-state index is -1.05. The molecule has 1 heterocycles. The third-order valence-electron chi connectivity index (χ3n) is 5.61. The van der Waals surface area contributed by atoms with Crippen LogP contribution in [0.1, 0.15) is 61.3 Å². The average Bonchev–Trinajstić information content (AvgIpc) is 2.66. The first-order valence-corrected chi connectivity index (χ1v) is 9.04. The molecular formula is C21H25NO2. The maximum atomic E-state index is 6.81. The molecule has 0 bridgehead atoms. The molecule has 0 amide bonds. The molecule has 1 aliphatic heterocycles. The van der Waals surface area contributed by atoms with Gasteiger partial charge >= 0.3 is 0 Å². The lowest BCUT2D eigenvalue weighted by Gasteiger charge is -2.46. The third-order valence-corrected chi connectivity index (χ3v) is 5.61. The van der Waals surface area contributed by atoms with Crippen LogP contribution in [0.15, 0.2) is 48.5 Å². The molecule has 0 aromatic heterocycles. The van der Waals surface area contributed by atoms with Crippen molar-refractivity contribution in [3.63, 3.8) is 0 Å². The van der Waals surface area contributed by atoms with E-state index in [1.165, 1.54) is 30.4 Å². The van der Waals surface area contributed by atoms with Gasteiger partial charge in [0.2, 0.25) is 5.72 Å². The summed E-state index contributed by atoms with van der Waals surface area (Å²) in [5.74, 6) is 0. The number of fused-ring (bicyclic) bond motifs is 2. The molecule has 1 atom stereocenters. The summed E-state index contributed by atoms with van der Waals surface area (Å²) in [4.78, 5) is 12.1. The van der Waals surface area contributed by atoms with Gasteiger partial charge < -0.3 is 0 Å². The lowest BCUT2D eigenvalue weighted by molar-refractivity contribution is -0.431. The van der Waals surface area contributed by atoms with E-state index >= 15 is 0 Å². The Morgan fingerprint density at radius 3 is 2.17 bits per heavy atom. The number of nitrogens with two attached hydrogens (primary N) is 1. The Balaban J connectivity index is 1.88. The quantitative estimate of drug-likeness (QED) is 0.826. The molecule has 2 aromatic carbocycles. The van der Waals surface area contributed by atoms with Crippen molar-refractivity contribution in [1.82, 2.24) is 0 Å². The van der Waals surface area contributed by atoms with Gasteiger partial charge in [0.05, 0.1) is 0 Å². The van der Waals surface area contributed by atoms with Crippen LogP contribution in [0.3, 0.4) is 0 Å². The van der Waals surface area contributed by atoms with Crippen molar-refractivity contribution in [3.05, 3.63) is 70.8 Å². The molecule has 1 fully saturated rings. The van der Waals surface area contributed by atoms with Crippen molar-refractivity contribution >= 4 is 0 Å². The van der Waals surface area contributed by atoms with Gasteiger partial charge in [0, 0.05) is 11.1 Å². The minimum Gasteiger partial charge on any atom is -0.293 e. The zero-order valence-corrected chi connectivity index (χ0v) is 14.3. The van der Waals surface area contributed by atoms with E-state index < -0.39 is 5.72 Å². The van der Waals surface area contributed by atoms with Gasteiger partial charge in [-0.05, 0) is 30.4 Å². The Kier molecular flexibility index (Phi) is 3.95. The second kappa shape index (κ2) is 5.99. The maximum absolute atomic E-state index is 6.81. The van der Waals surface area contributed by atoms with Gasteiger partial charge in [-0.15, -0.1) is 0 Å². The van der Waals surface area contributed by atoms with E-state index in [-0.39, 0.29) is 5.60 Å². The molecule has 1 aliphatic carbocycles. The Bertz CT molecular complexity index is 736. The monoisotopic (exact) mass is 323 g/mol. The number of hydrogen-bond acceptors (Lipinski definition) is 3. The summed E-state index contributed by atoms with van der Waals surface area (Å²) in [7, 11) is 0. The first-order valence-electron chi connectivity index (χ1n) is 9.04. The zero-order chi connectivity index (χ0) is 16.6. The predicted octanol–water partition coefficient (Wildman–Crippen LogP) is 4.53. The van der Waals surface area contributed by atoms with Gasteiger partial charge in [0.25, 0.3) is 0 Å². The molecule has 2 aliphatic rings. The molecule has 3 nitrogen and oxygen atoms in total. The van der Waals surface area contributed by atoms with Crippen LogP contribution in [-0.2, 0) is 27.5 Å². The summed E-state index contributed by atoms with van der Waals surface area (Å²) in [5.41, 5.74) is 9.85. The number of aryl methyl sites for hydroxylation is 1. The van der Waals surface area contributed by atoms with Crippen LogP contribution in [-0.4, -0.2) is 0 Å². The molecule has 1 saturated carbocycles. The van der Waals surface area contributed by atoms with E-state index in [2.05, 4.69) is 37.3 Å². The van der Waals surface area contributed by atoms with E-state index in [1.54, 1.807) is 0 Å². The largest absolute Gasteiger partial charge is 0.293 e. The molecule has 0 saturated heterocycles. The molecule has 0 radical (unpaired) electrons. The van der Waals surface area contributed by atoms with E-state index in [4.69, 9.17) is 15.5 Å². The maximum Gasteiger partial charge on any atom is 0.203 e. The fraction of sp³-hybridized carbons (Fsp3) is 0.429. The number of benzene rings is 2. The van der Waals surface area contributed by atoms with Crippen LogP contribution < -0.4 is 5.73 Å². The molecule has 24 heavy (non-hydrogen) atoms. The van der Waals surface area contributed by atoms with E-state index in [9.17, 15) is 0 Å². The van der Waals surface area contributed by atoms with Crippen molar-refractivity contribution in [2.45, 2.75) is 56.8 Å². The van der Waals surface area contributed by atoms with E-state index in [0.29, 0.717) is 0 Å². The molecule has 1 unspecified atom stereocenters. The van der Waals surface area contributed by atoms with Crippen molar-refractivity contribution in [1.29, 1.82) is 0 Å². The molecule has 126 valence electrons. The average molecular weight is 323 g/mol. The van der Waals surface area contributed by atoms with Crippen LogP contribution >= 0.6 is 0 Å². The van der Waals surface area contributed by atoms with Crippen molar-refractivity contribution in [2.75, 3.05) is 0 Å². The van der Waals surface area contributed by atoms with Gasteiger partial charge in [-0.3, -0.25) is 5.73 Å². The highest BCUT2D eigenvalue weighted by molar-refractivity contribution is 5.46. The van der Waals surface area contributed by atoms with Gasteiger partial charge in [-0.25, -0.2) is 9.78 Å². The zero-order valence-electron chi connectivity index (χ0n) is 14.3. The summed E-state index contributed by atoms with van der Waals surface area (Å²) in [6.07, 6.45) is 6.50. The SMILES string of the molecule is CCc1ccccc1C1(N)OOC2(CCCCC2)c2ccccc21. The molecule has 2 aromatic rings. The Labute approximate surface area is 143 Å². The van der Waals surface area contributed by atoms with Crippen molar-refractivity contribution in [3.8, 4) is 0 Å². The molecule has 2 N–H and O–H groups in total. The smallest absolute Gasteiger partial charge is 0.203 e. The summed E-state index contributed by atoms with van der Waals surface area (Å²) in [6, 6.07) is 16.6. The van der Waals surface area contributed by atoms with Gasteiger partial charge in [-0.2, -0.15) is 0 Å². The summed E-state index contributed by atoms with van der Waals surface area (Å²) >= 11 is 0.